The fraction of sp³-hybridized carbons (Fsp3) is 0.438. The molecule has 1 saturated carbocycles. The van der Waals surface area contributed by atoms with Gasteiger partial charge in [0.2, 0.25) is 0 Å². The standard InChI is InChI=1S/C16H20N2O3/c1-2-19-16-9-12(10-17-13-4-5-13)3-6-15(16)20-11-14-7-8-18-21-14/h3,6-9,13,17H,2,4-5,10-11H2,1H3. The number of benzene rings is 1. The molecule has 112 valence electrons. The summed E-state index contributed by atoms with van der Waals surface area (Å²) in [5.74, 6) is 2.19. The summed E-state index contributed by atoms with van der Waals surface area (Å²) < 4.78 is 16.4. The zero-order chi connectivity index (χ0) is 14.5. The van der Waals surface area contributed by atoms with Gasteiger partial charge in [0, 0.05) is 18.7 Å². The Hall–Kier alpha value is -2.01. The van der Waals surface area contributed by atoms with E-state index in [1.807, 2.05) is 19.1 Å². The normalized spacial score (nSPS) is 14.1. The van der Waals surface area contributed by atoms with Gasteiger partial charge in [0.25, 0.3) is 0 Å². The van der Waals surface area contributed by atoms with Gasteiger partial charge in [-0.25, -0.2) is 0 Å². The van der Waals surface area contributed by atoms with Crippen LogP contribution in [0.2, 0.25) is 0 Å². The van der Waals surface area contributed by atoms with Crippen molar-refractivity contribution in [2.45, 2.75) is 39.0 Å². The van der Waals surface area contributed by atoms with Crippen LogP contribution >= 0.6 is 0 Å². The molecule has 5 nitrogen and oxygen atoms in total. The van der Waals surface area contributed by atoms with Gasteiger partial charge in [-0.3, -0.25) is 0 Å². The first-order valence-electron chi connectivity index (χ1n) is 7.36. The molecule has 21 heavy (non-hydrogen) atoms. The SMILES string of the molecule is CCOc1cc(CNC2CC2)ccc1OCc1ccno1. The van der Waals surface area contributed by atoms with Crippen molar-refractivity contribution in [3.63, 3.8) is 0 Å². The van der Waals surface area contributed by atoms with E-state index in [0.29, 0.717) is 25.0 Å². The molecule has 1 aromatic heterocycles. The van der Waals surface area contributed by atoms with Crippen molar-refractivity contribution in [2.24, 2.45) is 0 Å². The number of aromatic nitrogens is 1. The number of nitrogens with zero attached hydrogens (tertiary/aromatic N) is 1. The van der Waals surface area contributed by atoms with Crippen LogP contribution in [0.15, 0.2) is 35.0 Å². The molecular weight excluding hydrogens is 268 g/mol. The quantitative estimate of drug-likeness (QED) is 0.809. The molecule has 0 radical (unpaired) electrons. The van der Waals surface area contributed by atoms with E-state index in [2.05, 4.69) is 16.5 Å². The highest BCUT2D eigenvalue weighted by atomic mass is 16.5. The Morgan fingerprint density at radius 2 is 2.14 bits per heavy atom. The van der Waals surface area contributed by atoms with Crippen LogP contribution in [-0.4, -0.2) is 17.8 Å². The minimum atomic E-state index is 0.347. The summed E-state index contributed by atoms with van der Waals surface area (Å²) in [6.45, 7) is 3.79. The summed E-state index contributed by atoms with van der Waals surface area (Å²) in [4.78, 5) is 0. The second-order valence-corrected chi connectivity index (χ2v) is 5.14. The Balaban J connectivity index is 1.65. The first-order valence-corrected chi connectivity index (χ1v) is 7.36. The second-order valence-electron chi connectivity index (χ2n) is 5.14. The van der Waals surface area contributed by atoms with E-state index in [-0.39, 0.29) is 0 Å². The molecule has 3 rings (SSSR count). The maximum atomic E-state index is 5.75. The number of rotatable bonds is 8. The van der Waals surface area contributed by atoms with Crippen molar-refractivity contribution in [2.75, 3.05) is 6.61 Å². The summed E-state index contributed by atoms with van der Waals surface area (Å²) in [5.41, 5.74) is 1.21. The van der Waals surface area contributed by atoms with Crippen LogP contribution in [0.5, 0.6) is 11.5 Å². The van der Waals surface area contributed by atoms with E-state index < -0.39 is 0 Å². The van der Waals surface area contributed by atoms with Crippen LogP contribution in [0.3, 0.4) is 0 Å². The lowest BCUT2D eigenvalue weighted by atomic mass is 10.2. The van der Waals surface area contributed by atoms with Gasteiger partial charge in [-0.2, -0.15) is 0 Å². The molecule has 0 spiro atoms. The molecule has 1 heterocycles. The third kappa shape index (κ3) is 3.98. The van der Waals surface area contributed by atoms with Crippen molar-refractivity contribution in [3.05, 3.63) is 41.8 Å². The predicted octanol–water partition coefficient (Wildman–Crippen LogP) is 2.90. The Bertz CT molecular complexity index is 565. The van der Waals surface area contributed by atoms with E-state index in [0.717, 1.165) is 18.0 Å². The Morgan fingerprint density at radius 1 is 1.24 bits per heavy atom. The molecule has 2 aromatic rings. The van der Waals surface area contributed by atoms with E-state index in [1.165, 1.54) is 18.4 Å². The highest BCUT2D eigenvalue weighted by Gasteiger charge is 2.20. The summed E-state index contributed by atoms with van der Waals surface area (Å²) in [6, 6.07) is 8.53. The van der Waals surface area contributed by atoms with Crippen molar-refractivity contribution < 1.29 is 14.0 Å². The van der Waals surface area contributed by atoms with Crippen LogP contribution in [0.1, 0.15) is 31.1 Å². The predicted molar refractivity (Wildman–Crippen MR) is 78.3 cm³/mol. The summed E-state index contributed by atoms with van der Waals surface area (Å²) in [5, 5.41) is 7.16. The Labute approximate surface area is 124 Å². The minimum absolute atomic E-state index is 0.347. The monoisotopic (exact) mass is 288 g/mol. The third-order valence-corrected chi connectivity index (χ3v) is 3.34. The molecule has 0 saturated heterocycles. The van der Waals surface area contributed by atoms with Gasteiger partial charge < -0.3 is 19.3 Å². The van der Waals surface area contributed by atoms with Gasteiger partial charge >= 0.3 is 0 Å². The van der Waals surface area contributed by atoms with E-state index in [4.69, 9.17) is 14.0 Å². The molecule has 0 aliphatic heterocycles. The molecule has 1 aliphatic carbocycles. The maximum Gasteiger partial charge on any atom is 0.174 e. The van der Waals surface area contributed by atoms with E-state index in [1.54, 1.807) is 12.3 Å². The lowest BCUT2D eigenvalue weighted by Gasteiger charge is -2.13. The average molecular weight is 288 g/mol. The number of nitrogens with one attached hydrogen (secondary N) is 1. The number of hydrogen-bond donors (Lipinski definition) is 1. The van der Waals surface area contributed by atoms with Crippen LogP contribution in [0, 0.1) is 0 Å². The number of hydrogen-bond acceptors (Lipinski definition) is 5. The zero-order valence-electron chi connectivity index (χ0n) is 12.2. The van der Waals surface area contributed by atoms with E-state index >= 15 is 0 Å². The Kier molecular flexibility index (Phi) is 4.40. The molecule has 1 aliphatic rings. The average Bonchev–Trinajstić information content (AvgIpc) is 3.18. The molecule has 1 aromatic carbocycles. The minimum Gasteiger partial charge on any atom is -0.490 e. The van der Waals surface area contributed by atoms with E-state index in [9.17, 15) is 0 Å². The molecule has 0 atom stereocenters. The van der Waals surface area contributed by atoms with Crippen LogP contribution in [0.4, 0.5) is 0 Å². The van der Waals surface area contributed by atoms with Gasteiger partial charge in [-0.1, -0.05) is 11.2 Å². The van der Waals surface area contributed by atoms with Crippen molar-refractivity contribution in [1.82, 2.24) is 10.5 Å². The van der Waals surface area contributed by atoms with Gasteiger partial charge in [0.1, 0.15) is 6.61 Å². The van der Waals surface area contributed by atoms with Gasteiger partial charge in [-0.15, -0.1) is 0 Å². The van der Waals surface area contributed by atoms with Crippen molar-refractivity contribution in [1.29, 1.82) is 0 Å². The highest BCUT2D eigenvalue weighted by Crippen LogP contribution is 2.29. The molecule has 1 fully saturated rings. The number of ether oxygens (including phenoxy) is 2. The third-order valence-electron chi connectivity index (χ3n) is 3.34. The van der Waals surface area contributed by atoms with Crippen molar-refractivity contribution in [3.8, 4) is 11.5 Å². The molecule has 0 unspecified atom stereocenters. The second kappa shape index (κ2) is 6.63. The lowest BCUT2D eigenvalue weighted by Crippen LogP contribution is -2.15. The summed E-state index contributed by atoms with van der Waals surface area (Å²) in [7, 11) is 0. The molecule has 0 amide bonds. The first-order chi connectivity index (χ1) is 10.3. The summed E-state index contributed by atoms with van der Waals surface area (Å²) >= 11 is 0. The largest absolute Gasteiger partial charge is 0.490 e. The molecule has 0 bridgehead atoms. The van der Waals surface area contributed by atoms with Crippen LogP contribution in [0.25, 0.3) is 0 Å². The summed E-state index contributed by atoms with van der Waals surface area (Å²) in [6.07, 6.45) is 4.18. The van der Waals surface area contributed by atoms with Gasteiger partial charge in [0.05, 0.1) is 12.8 Å². The molecular formula is C16H20N2O3. The topological polar surface area (TPSA) is 56.5 Å². The van der Waals surface area contributed by atoms with Gasteiger partial charge in [-0.05, 0) is 37.5 Å². The maximum absolute atomic E-state index is 5.75. The zero-order valence-corrected chi connectivity index (χ0v) is 12.2. The fourth-order valence-electron chi connectivity index (χ4n) is 2.07. The smallest absolute Gasteiger partial charge is 0.174 e. The molecule has 1 N–H and O–H groups in total. The molecule has 5 heteroatoms. The van der Waals surface area contributed by atoms with Gasteiger partial charge in [0.15, 0.2) is 17.3 Å². The Morgan fingerprint density at radius 3 is 2.86 bits per heavy atom. The fourth-order valence-corrected chi connectivity index (χ4v) is 2.07. The van der Waals surface area contributed by atoms with Crippen LogP contribution < -0.4 is 14.8 Å². The highest BCUT2D eigenvalue weighted by molar-refractivity contribution is 5.43. The van der Waals surface area contributed by atoms with Crippen molar-refractivity contribution >= 4 is 0 Å². The van der Waals surface area contributed by atoms with Crippen LogP contribution in [-0.2, 0) is 13.2 Å². The lowest BCUT2D eigenvalue weighted by molar-refractivity contribution is 0.233. The first kappa shape index (κ1) is 13.9.